The van der Waals surface area contributed by atoms with Crippen molar-refractivity contribution in [3.8, 4) is 11.5 Å². The zero-order valence-electron chi connectivity index (χ0n) is 16.0. The fourth-order valence-electron chi connectivity index (χ4n) is 2.53. The Labute approximate surface area is 164 Å². The average Bonchev–Trinajstić information content (AvgIpc) is 2.65. The van der Waals surface area contributed by atoms with Gasteiger partial charge < -0.3 is 14.8 Å². The number of benzene rings is 2. The molecule has 6 heteroatoms. The Morgan fingerprint density at radius 1 is 1.07 bits per heavy atom. The Kier molecular flexibility index (Phi) is 8.45. The Bertz CT molecular complexity index is 737. The highest BCUT2D eigenvalue weighted by atomic mass is 32.2. The van der Waals surface area contributed by atoms with Gasteiger partial charge in [0.2, 0.25) is 5.91 Å². The first-order valence-corrected chi connectivity index (χ1v) is 10.1. The first-order valence-electron chi connectivity index (χ1n) is 9.10. The van der Waals surface area contributed by atoms with E-state index >= 15 is 0 Å². The number of carbonyl (C=O) groups is 1. The van der Waals surface area contributed by atoms with E-state index in [0.29, 0.717) is 36.9 Å². The van der Waals surface area contributed by atoms with Crippen LogP contribution in [0.25, 0.3) is 0 Å². The predicted molar refractivity (Wildman–Crippen MR) is 107 cm³/mol. The summed E-state index contributed by atoms with van der Waals surface area (Å²) in [5.74, 6) is 1.75. The van der Waals surface area contributed by atoms with Crippen LogP contribution in [0.1, 0.15) is 38.8 Å². The summed E-state index contributed by atoms with van der Waals surface area (Å²) in [5.41, 5.74) is 0.960. The number of amides is 1. The topological polar surface area (TPSA) is 47.6 Å². The fraction of sp³-hybridized carbons (Fsp3) is 0.381. The Morgan fingerprint density at radius 2 is 1.74 bits per heavy atom. The molecular formula is C21H26FNO3S. The number of carbonyl (C=O) groups excluding carboxylic acids is 1. The van der Waals surface area contributed by atoms with Crippen LogP contribution < -0.4 is 14.8 Å². The number of hydrogen-bond acceptors (Lipinski definition) is 4. The van der Waals surface area contributed by atoms with Gasteiger partial charge in [-0.1, -0.05) is 6.07 Å². The highest BCUT2D eigenvalue weighted by molar-refractivity contribution is 7.99. The zero-order chi connectivity index (χ0) is 19.6. The van der Waals surface area contributed by atoms with Gasteiger partial charge in [-0.15, -0.1) is 11.8 Å². The van der Waals surface area contributed by atoms with Gasteiger partial charge in [-0.3, -0.25) is 4.79 Å². The van der Waals surface area contributed by atoms with Crippen LogP contribution in [0, 0.1) is 5.82 Å². The van der Waals surface area contributed by atoms with Gasteiger partial charge in [0.1, 0.15) is 5.82 Å². The molecule has 0 fully saturated rings. The molecule has 0 saturated heterocycles. The standard InChI is InChI=1S/C21H26FNO3S/c1-4-25-19-11-6-16(14-20(19)26-5-2)15(3)23-21(24)12-13-27-18-9-7-17(22)8-10-18/h6-11,14-15H,4-5,12-13H2,1-3H3,(H,23,24)/t15-/m1/s1. The van der Waals surface area contributed by atoms with Crippen molar-refractivity contribution in [1.29, 1.82) is 0 Å². The van der Waals surface area contributed by atoms with E-state index in [-0.39, 0.29) is 17.8 Å². The van der Waals surface area contributed by atoms with Crippen molar-refractivity contribution in [3.63, 3.8) is 0 Å². The van der Waals surface area contributed by atoms with Gasteiger partial charge in [-0.2, -0.15) is 0 Å². The Morgan fingerprint density at radius 3 is 2.41 bits per heavy atom. The third-order valence-electron chi connectivity index (χ3n) is 3.86. The van der Waals surface area contributed by atoms with Gasteiger partial charge in [-0.25, -0.2) is 4.39 Å². The lowest BCUT2D eigenvalue weighted by atomic mass is 10.1. The van der Waals surface area contributed by atoms with Crippen LogP contribution in [0.3, 0.4) is 0 Å². The molecule has 0 aliphatic carbocycles. The zero-order valence-corrected chi connectivity index (χ0v) is 16.8. The van der Waals surface area contributed by atoms with E-state index in [1.807, 2.05) is 39.0 Å². The molecule has 0 heterocycles. The van der Waals surface area contributed by atoms with Crippen LogP contribution in [0.5, 0.6) is 11.5 Å². The van der Waals surface area contributed by atoms with Gasteiger partial charge in [0.05, 0.1) is 19.3 Å². The van der Waals surface area contributed by atoms with Crippen molar-refractivity contribution in [3.05, 3.63) is 53.8 Å². The molecule has 1 amide bonds. The molecule has 1 N–H and O–H groups in total. The number of rotatable bonds is 10. The summed E-state index contributed by atoms with van der Waals surface area (Å²) >= 11 is 1.53. The third-order valence-corrected chi connectivity index (χ3v) is 4.87. The monoisotopic (exact) mass is 391 g/mol. The number of ether oxygens (including phenoxy) is 2. The van der Waals surface area contributed by atoms with Crippen molar-refractivity contribution in [1.82, 2.24) is 5.32 Å². The largest absolute Gasteiger partial charge is 0.490 e. The second-order valence-electron chi connectivity index (χ2n) is 5.91. The lowest BCUT2D eigenvalue weighted by Crippen LogP contribution is -2.26. The fourth-order valence-corrected chi connectivity index (χ4v) is 3.38. The summed E-state index contributed by atoms with van der Waals surface area (Å²) in [6.45, 7) is 6.90. The van der Waals surface area contributed by atoms with E-state index in [2.05, 4.69) is 5.32 Å². The summed E-state index contributed by atoms with van der Waals surface area (Å²) in [5, 5.41) is 3.00. The molecule has 146 valence electrons. The lowest BCUT2D eigenvalue weighted by Gasteiger charge is -2.17. The van der Waals surface area contributed by atoms with Gasteiger partial charge in [0.15, 0.2) is 11.5 Å². The van der Waals surface area contributed by atoms with E-state index in [1.54, 1.807) is 12.1 Å². The second-order valence-corrected chi connectivity index (χ2v) is 7.08. The molecule has 2 aromatic carbocycles. The maximum atomic E-state index is 12.9. The normalized spacial score (nSPS) is 11.7. The van der Waals surface area contributed by atoms with E-state index in [1.165, 1.54) is 23.9 Å². The highest BCUT2D eigenvalue weighted by Gasteiger charge is 2.13. The Balaban J connectivity index is 1.87. The predicted octanol–water partition coefficient (Wildman–Crippen LogP) is 4.98. The summed E-state index contributed by atoms with van der Waals surface area (Å²) in [6.07, 6.45) is 0.391. The van der Waals surface area contributed by atoms with Crippen molar-refractivity contribution in [2.75, 3.05) is 19.0 Å². The molecule has 4 nitrogen and oxygen atoms in total. The average molecular weight is 392 g/mol. The maximum absolute atomic E-state index is 12.9. The van der Waals surface area contributed by atoms with Gasteiger partial charge in [0.25, 0.3) is 0 Å². The van der Waals surface area contributed by atoms with Crippen molar-refractivity contribution >= 4 is 17.7 Å². The van der Waals surface area contributed by atoms with Crippen LogP contribution in [0.2, 0.25) is 0 Å². The molecule has 0 spiro atoms. The van der Waals surface area contributed by atoms with Crippen molar-refractivity contribution in [2.24, 2.45) is 0 Å². The molecule has 0 unspecified atom stereocenters. The molecule has 2 rings (SSSR count). The maximum Gasteiger partial charge on any atom is 0.221 e. The smallest absolute Gasteiger partial charge is 0.221 e. The first kappa shape index (κ1) is 21.1. The van der Waals surface area contributed by atoms with Gasteiger partial charge in [0, 0.05) is 17.1 Å². The minimum Gasteiger partial charge on any atom is -0.490 e. The van der Waals surface area contributed by atoms with Crippen LogP contribution in [-0.2, 0) is 4.79 Å². The molecule has 0 aliphatic rings. The first-order chi connectivity index (χ1) is 13.0. The van der Waals surface area contributed by atoms with Crippen LogP contribution >= 0.6 is 11.8 Å². The molecular weight excluding hydrogens is 365 g/mol. The summed E-state index contributed by atoms with van der Waals surface area (Å²) in [7, 11) is 0. The quantitative estimate of drug-likeness (QED) is 0.580. The third kappa shape index (κ3) is 6.79. The van der Waals surface area contributed by atoms with E-state index in [4.69, 9.17) is 9.47 Å². The SMILES string of the molecule is CCOc1ccc([C@@H](C)NC(=O)CCSc2ccc(F)cc2)cc1OCC. The molecule has 0 aromatic heterocycles. The molecule has 0 radical (unpaired) electrons. The van der Waals surface area contributed by atoms with Gasteiger partial charge in [-0.05, 0) is 62.7 Å². The van der Waals surface area contributed by atoms with Gasteiger partial charge >= 0.3 is 0 Å². The molecule has 0 saturated carbocycles. The molecule has 1 atom stereocenters. The van der Waals surface area contributed by atoms with Crippen molar-refractivity contribution in [2.45, 2.75) is 38.1 Å². The molecule has 2 aromatic rings. The second kappa shape index (κ2) is 10.8. The minimum atomic E-state index is -0.257. The Hall–Kier alpha value is -2.21. The number of nitrogens with one attached hydrogen (secondary N) is 1. The summed E-state index contributed by atoms with van der Waals surface area (Å²) < 4.78 is 24.1. The number of hydrogen-bond donors (Lipinski definition) is 1. The molecule has 0 aliphatic heterocycles. The minimum absolute atomic E-state index is 0.0241. The van der Waals surface area contributed by atoms with E-state index in [9.17, 15) is 9.18 Å². The van der Waals surface area contributed by atoms with Crippen LogP contribution in [0.15, 0.2) is 47.4 Å². The molecule has 0 bridgehead atoms. The highest BCUT2D eigenvalue weighted by Crippen LogP contribution is 2.30. The lowest BCUT2D eigenvalue weighted by molar-refractivity contribution is -0.121. The summed E-state index contributed by atoms with van der Waals surface area (Å²) in [4.78, 5) is 13.2. The number of halogens is 1. The van der Waals surface area contributed by atoms with Crippen LogP contribution in [-0.4, -0.2) is 24.9 Å². The van der Waals surface area contributed by atoms with E-state index in [0.717, 1.165) is 10.5 Å². The molecule has 27 heavy (non-hydrogen) atoms. The van der Waals surface area contributed by atoms with E-state index < -0.39 is 0 Å². The summed E-state index contributed by atoms with van der Waals surface area (Å²) in [6, 6.07) is 11.9. The van der Waals surface area contributed by atoms with Crippen LogP contribution in [0.4, 0.5) is 4.39 Å². The number of thioether (sulfide) groups is 1. The van der Waals surface area contributed by atoms with Crippen molar-refractivity contribution < 1.29 is 18.7 Å².